The van der Waals surface area contributed by atoms with E-state index in [4.69, 9.17) is 5.26 Å². The lowest BCUT2D eigenvalue weighted by molar-refractivity contribution is 0.464. The summed E-state index contributed by atoms with van der Waals surface area (Å²) in [5, 5.41) is 12.6. The lowest BCUT2D eigenvalue weighted by Crippen LogP contribution is -2.31. The molecular formula is C17H23N3. The van der Waals surface area contributed by atoms with Gasteiger partial charge in [-0.15, -0.1) is 0 Å². The molecule has 1 saturated carbocycles. The van der Waals surface area contributed by atoms with Crippen LogP contribution in [-0.2, 0) is 6.54 Å². The first-order valence-electron chi connectivity index (χ1n) is 7.84. The van der Waals surface area contributed by atoms with E-state index in [0.29, 0.717) is 6.04 Å². The van der Waals surface area contributed by atoms with Gasteiger partial charge in [0.1, 0.15) is 0 Å². The molecule has 3 nitrogen and oxygen atoms in total. The van der Waals surface area contributed by atoms with Gasteiger partial charge in [-0.2, -0.15) is 5.26 Å². The van der Waals surface area contributed by atoms with Crippen LogP contribution >= 0.6 is 0 Å². The Bertz CT molecular complexity index is 468. The van der Waals surface area contributed by atoms with E-state index in [1.807, 2.05) is 0 Å². The number of nitriles is 1. The Labute approximate surface area is 121 Å². The van der Waals surface area contributed by atoms with E-state index < -0.39 is 0 Å². The first-order valence-corrected chi connectivity index (χ1v) is 7.84. The van der Waals surface area contributed by atoms with Crippen LogP contribution in [0.1, 0.15) is 37.7 Å². The van der Waals surface area contributed by atoms with Crippen molar-refractivity contribution in [3.63, 3.8) is 0 Å². The maximum Gasteiger partial charge on any atom is 0.0672 e. The third-order valence-corrected chi connectivity index (χ3v) is 4.66. The second-order valence-corrected chi connectivity index (χ2v) is 6.01. The van der Waals surface area contributed by atoms with Crippen molar-refractivity contribution in [2.75, 3.05) is 18.0 Å². The largest absolute Gasteiger partial charge is 0.372 e. The molecule has 0 bridgehead atoms. The summed E-state index contributed by atoms with van der Waals surface area (Å²) in [4.78, 5) is 2.46. The van der Waals surface area contributed by atoms with Gasteiger partial charge in [-0.3, -0.25) is 0 Å². The molecule has 2 fully saturated rings. The zero-order chi connectivity index (χ0) is 13.8. The van der Waals surface area contributed by atoms with Crippen molar-refractivity contribution in [1.82, 2.24) is 5.32 Å². The van der Waals surface area contributed by atoms with Gasteiger partial charge in [0.2, 0.25) is 0 Å². The van der Waals surface area contributed by atoms with Crippen molar-refractivity contribution in [1.29, 1.82) is 5.26 Å². The summed E-state index contributed by atoms with van der Waals surface area (Å²) in [5.74, 6) is 0.207. The molecule has 3 rings (SSSR count). The molecule has 1 aromatic carbocycles. The Morgan fingerprint density at radius 2 is 1.85 bits per heavy atom. The topological polar surface area (TPSA) is 39.1 Å². The Morgan fingerprint density at radius 3 is 2.55 bits per heavy atom. The highest BCUT2D eigenvalue weighted by Crippen LogP contribution is 2.25. The summed E-state index contributed by atoms with van der Waals surface area (Å²) in [6, 6.07) is 11.7. The standard InChI is InChI=1S/C17H23N3/c18-12-15-4-3-5-17(15)19-13-14-6-8-16(9-7-14)20-10-1-2-11-20/h6-9,15,17,19H,1-5,10-11,13H2. The van der Waals surface area contributed by atoms with E-state index in [1.165, 1.54) is 43.6 Å². The molecular weight excluding hydrogens is 246 g/mol. The highest BCUT2D eigenvalue weighted by molar-refractivity contribution is 5.48. The van der Waals surface area contributed by atoms with Gasteiger partial charge in [0.15, 0.2) is 0 Å². The zero-order valence-corrected chi connectivity index (χ0v) is 12.0. The third kappa shape index (κ3) is 2.96. The SMILES string of the molecule is N#CC1CCCC1NCc1ccc(N2CCCC2)cc1. The normalized spacial score (nSPS) is 25.9. The first-order chi connectivity index (χ1) is 9.86. The molecule has 0 aromatic heterocycles. The second-order valence-electron chi connectivity index (χ2n) is 6.01. The third-order valence-electron chi connectivity index (χ3n) is 4.66. The zero-order valence-electron chi connectivity index (χ0n) is 12.0. The average Bonchev–Trinajstić information content (AvgIpc) is 3.16. The molecule has 0 radical (unpaired) electrons. The molecule has 0 spiro atoms. The lowest BCUT2D eigenvalue weighted by Gasteiger charge is -2.19. The second kappa shape index (κ2) is 6.28. The minimum Gasteiger partial charge on any atom is -0.372 e. The van der Waals surface area contributed by atoms with Crippen LogP contribution in [0.2, 0.25) is 0 Å². The Balaban J connectivity index is 1.54. The maximum atomic E-state index is 9.10. The van der Waals surface area contributed by atoms with Crippen molar-refractivity contribution in [2.24, 2.45) is 5.92 Å². The molecule has 1 aliphatic carbocycles. The highest BCUT2D eigenvalue weighted by Gasteiger charge is 2.26. The van der Waals surface area contributed by atoms with E-state index in [2.05, 4.69) is 40.6 Å². The molecule has 1 aromatic rings. The number of anilines is 1. The van der Waals surface area contributed by atoms with Crippen molar-refractivity contribution in [3.8, 4) is 6.07 Å². The number of nitrogens with one attached hydrogen (secondary N) is 1. The van der Waals surface area contributed by atoms with Crippen molar-refractivity contribution in [3.05, 3.63) is 29.8 Å². The molecule has 3 heteroatoms. The van der Waals surface area contributed by atoms with Crippen LogP contribution in [0.5, 0.6) is 0 Å². The summed E-state index contributed by atoms with van der Waals surface area (Å²) in [6.07, 6.45) is 6.02. The van der Waals surface area contributed by atoms with Crippen LogP contribution < -0.4 is 10.2 Å². The van der Waals surface area contributed by atoms with Gasteiger partial charge in [0.25, 0.3) is 0 Å². The quantitative estimate of drug-likeness (QED) is 0.913. The predicted octanol–water partition coefficient (Wildman–Crippen LogP) is 3.07. The Hall–Kier alpha value is -1.53. The van der Waals surface area contributed by atoms with E-state index in [0.717, 1.165) is 19.4 Å². The van der Waals surface area contributed by atoms with Crippen molar-refractivity contribution >= 4 is 5.69 Å². The number of benzene rings is 1. The molecule has 1 heterocycles. The van der Waals surface area contributed by atoms with Gasteiger partial charge in [-0.05, 0) is 43.4 Å². The number of nitrogens with zero attached hydrogens (tertiary/aromatic N) is 2. The molecule has 2 atom stereocenters. The molecule has 1 aliphatic heterocycles. The molecule has 20 heavy (non-hydrogen) atoms. The summed E-state index contributed by atoms with van der Waals surface area (Å²) < 4.78 is 0. The predicted molar refractivity (Wildman–Crippen MR) is 81.5 cm³/mol. The average molecular weight is 269 g/mol. The summed E-state index contributed by atoms with van der Waals surface area (Å²) in [7, 11) is 0. The summed E-state index contributed by atoms with van der Waals surface area (Å²) in [6.45, 7) is 3.27. The summed E-state index contributed by atoms with van der Waals surface area (Å²) in [5.41, 5.74) is 2.67. The van der Waals surface area contributed by atoms with Gasteiger partial charge in [0, 0.05) is 31.4 Å². The van der Waals surface area contributed by atoms with Crippen LogP contribution in [0.4, 0.5) is 5.69 Å². The monoisotopic (exact) mass is 269 g/mol. The number of rotatable bonds is 4. The van der Waals surface area contributed by atoms with E-state index >= 15 is 0 Å². The number of hydrogen-bond donors (Lipinski definition) is 1. The fourth-order valence-corrected chi connectivity index (χ4v) is 3.41. The minimum absolute atomic E-state index is 0.207. The van der Waals surface area contributed by atoms with Gasteiger partial charge in [0.05, 0.1) is 12.0 Å². The molecule has 2 aliphatic rings. The van der Waals surface area contributed by atoms with E-state index in [9.17, 15) is 0 Å². The van der Waals surface area contributed by atoms with Crippen LogP contribution in [0.15, 0.2) is 24.3 Å². The molecule has 1 saturated heterocycles. The fraction of sp³-hybridized carbons (Fsp3) is 0.588. The Kier molecular flexibility index (Phi) is 4.22. The van der Waals surface area contributed by atoms with Crippen LogP contribution in [0.3, 0.4) is 0 Å². The lowest BCUT2D eigenvalue weighted by atomic mass is 10.1. The van der Waals surface area contributed by atoms with Crippen molar-refractivity contribution in [2.45, 2.75) is 44.7 Å². The number of hydrogen-bond acceptors (Lipinski definition) is 3. The van der Waals surface area contributed by atoms with Gasteiger partial charge in [-0.25, -0.2) is 0 Å². The highest BCUT2D eigenvalue weighted by atomic mass is 15.1. The van der Waals surface area contributed by atoms with Crippen molar-refractivity contribution < 1.29 is 0 Å². The maximum absolute atomic E-state index is 9.10. The molecule has 1 N–H and O–H groups in total. The molecule has 2 unspecified atom stereocenters. The van der Waals surface area contributed by atoms with E-state index in [-0.39, 0.29) is 5.92 Å². The first kappa shape index (κ1) is 13.5. The Morgan fingerprint density at radius 1 is 1.10 bits per heavy atom. The van der Waals surface area contributed by atoms with Gasteiger partial charge >= 0.3 is 0 Å². The molecule has 106 valence electrons. The van der Waals surface area contributed by atoms with E-state index in [1.54, 1.807) is 0 Å². The minimum atomic E-state index is 0.207. The fourth-order valence-electron chi connectivity index (χ4n) is 3.41. The van der Waals surface area contributed by atoms with Crippen LogP contribution in [0.25, 0.3) is 0 Å². The van der Waals surface area contributed by atoms with Gasteiger partial charge < -0.3 is 10.2 Å². The summed E-state index contributed by atoms with van der Waals surface area (Å²) >= 11 is 0. The van der Waals surface area contributed by atoms with Crippen LogP contribution in [0, 0.1) is 17.2 Å². The smallest absolute Gasteiger partial charge is 0.0672 e. The van der Waals surface area contributed by atoms with Gasteiger partial charge in [-0.1, -0.05) is 18.6 Å². The molecule has 0 amide bonds. The van der Waals surface area contributed by atoms with Crippen LogP contribution in [-0.4, -0.2) is 19.1 Å².